The lowest BCUT2D eigenvalue weighted by molar-refractivity contribution is 0.0692. The molecule has 25 heavy (non-hydrogen) atoms. The fourth-order valence-corrected chi connectivity index (χ4v) is 2.64. The monoisotopic (exact) mass is 337 g/mol. The fourth-order valence-electron chi connectivity index (χ4n) is 2.64. The molecule has 0 aliphatic rings. The Bertz CT molecular complexity index is 931. The van der Waals surface area contributed by atoms with E-state index < -0.39 is 5.97 Å². The Kier molecular flexibility index (Phi) is 4.52. The number of carboxylic acids is 1. The predicted octanol–water partition coefficient (Wildman–Crippen LogP) is 3.65. The lowest BCUT2D eigenvalue weighted by Crippen LogP contribution is -2.07. The van der Waals surface area contributed by atoms with Crippen LogP contribution in [0.15, 0.2) is 42.6 Å². The number of carboxylic acid groups (broad SMARTS) is 1. The second-order valence-corrected chi connectivity index (χ2v) is 5.64. The van der Waals surface area contributed by atoms with Gasteiger partial charge in [-0.05, 0) is 44.0 Å². The zero-order chi connectivity index (χ0) is 18.0. The second-order valence-electron chi connectivity index (χ2n) is 5.64. The lowest BCUT2D eigenvalue weighted by atomic mass is 10.0. The van der Waals surface area contributed by atoms with Gasteiger partial charge in [0, 0.05) is 5.56 Å². The first kappa shape index (κ1) is 16.7. The van der Waals surface area contributed by atoms with Crippen LogP contribution in [0.1, 0.15) is 28.4 Å². The van der Waals surface area contributed by atoms with E-state index >= 15 is 0 Å². The molecule has 2 heterocycles. The van der Waals surface area contributed by atoms with Crippen molar-refractivity contribution in [3.05, 3.63) is 59.3 Å². The van der Waals surface area contributed by atoms with Crippen LogP contribution in [0.2, 0.25) is 0 Å². The largest absolute Gasteiger partial charge is 0.477 e. The first-order valence-electron chi connectivity index (χ1n) is 8.01. The Balaban J connectivity index is 2.11. The minimum Gasteiger partial charge on any atom is -0.477 e. The van der Waals surface area contributed by atoms with Crippen molar-refractivity contribution in [1.29, 1.82) is 0 Å². The van der Waals surface area contributed by atoms with Crippen LogP contribution < -0.4 is 4.74 Å². The van der Waals surface area contributed by atoms with E-state index in [2.05, 4.69) is 30.0 Å². The van der Waals surface area contributed by atoms with Crippen molar-refractivity contribution in [1.82, 2.24) is 14.8 Å². The summed E-state index contributed by atoms with van der Waals surface area (Å²) in [5, 5.41) is 13.4. The molecule has 0 aliphatic carbocycles. The van der Waals surface area contributed by atoms with Crippen LogP contribution in [0.4, 0.5) is 0 Å². The number of nitrogens with zero attached hydrogens (tertiary/aromatic N) is 3. The van der Waals surface area contributed by atoms with Gasteiger partial charge in [-0.1, -0.05) is 24.3 Å². The SMILES string of the molecule is CCOc1c(C(=O)O)cnn1-c1cccc(-c2cccc(C)c2C)n1. The molecule has 0 saturated heterocycles. The van der Waals surface area contributed by atoms with E-state index in [4.69, 9.17) is 4.74 Å². The predicted molar refractivity (Wildman–Crippen MR) is 94.4 cm³/mol. The van der Waals surface area contributed by atoms with Crippen molar-refractivity contribution in [3.8, 4) is 23.0 Å². The van der Waals surface area contributed by atoms with E-state index in [0.29, 0.717) is 12.4 Å². The third-order valence-corrected chi connectivity index (χ3v) is 4.07. The maximum atomic E-state index is 11.4. The quantitative estimate of drug-likeness (QED) is 0.769. The number of aromatic nitrogens is 3. The zero-order valence-electron chi connectivity index (χ0n) is 14.4. The molecule has 6 nitrogen and oxygen atoms in total. The second kappa shape index (κ2) is 6.76. The third-order valence-electron chi connectivity index (χ3n) is 4.07. The van der Waals surface area contributed by atoms with Gasteiger partial charge in [-0.2, -0.15) is 9.78 Å². The van der Waals surface area contributed by atoms with Crippen LogP contribution in [0, 0.1) is 13.8 Å². The fraction of sp³-hybridized carbons (Fsp3) is 0.211. The maximum Gasteiger partial charge on any atom is 0.342 e. The molecule has 0 spiro atoms. The Morgan fingerprint density at radius 2 is 1.96 bits per heavy atom. The number of rotatable bonds is 5. The summed E-state index contributed by atoms with van der Waals surface area (Å²) in [4.78, 5) is 16.0. The van der Waals surface area contributed by atoms with E-state index in [1.54, 1.807) is 13.0 Å². The van der Waals surface area contributed by atoms with E-state index in [0.717, 1.165) is 16.8 Å². The maximum absolute atomic E-state index is 11.4. The summed E-state index contributed by atoms with van der Waals surface area (Å²) in [7, 11) is 0. The van der Waals surface area contributed by atoms with Crippen LogP contribution in [-0.4, -0.2) is 32.4 Å². The first-order valence-corrected chi connectivity index (χ1v) is 8.01. The smallest absolute Gasteiger partial charge is 0.342 e. The number of benzene rings is 1. The van der Waals surface area contributed by atoms with Crippen LogP contribution in [0.5, 0.6) is 5.88 Å². The third kappa shape index (κ3) is 3.10. The van der Waals surface area contributed by atoms with Crippen molar-refractivity contribution < 1.29 is 14.6 Å². The summed E-state index contributed by atoms with van der Waals surface area (Å²) in [5.74, 6) is -0.393. The van der Waals surface area contributed by atoms with Gasteiger partial charge in [0.15, 0.2) is 5.82 Å². The van der Waals surface area contributed by atoms with Gasteiger partial charge in [-0.3, -0.25) is 0 Å². The summed E-state index contributed by atoms with van der Waals surface area (Å²) in [6, 6.07) is 11.6. The molecule has 0 amide bonds. The van der Waals surface area contributed by atoms with Gasteiger partial charge in [0.25, 0.3) is 0 Å². The summed E-state index contributed by atoms with van der Waals surface area (Å²) in [6.45, 7) is 6.25. The van der Waals surface area contributed by atoms with Gasteiger partial charge in [0.2, 0.25) is 5.88 Å². The van der Waals surface area contributed by atoms with E-state index in [9.17, 15) is 9.90 Å². The molecular weight excluding hydrogens is 318 g/mol. The highest BCUT2D eigenvalue weighted by molar-refractivity contribution is 5.90. The molecule has 0 aliphatic heterocycles. The van der Waals surface area contributed by atoms with Gasteiger partial charge in [0.1, 0.15) is 5.56 Å². The number of aromatic carboxylic acids is 1. The van der Waals surface area contributed by atoms with Gasteiger partial charge >= 0.3 is 5.97 Å². The molecule has 0 saturated carbocycles. The molecule has 3 aromatic rings. The molecule has 6 heteroatoms. The summed E-state index contributed by atoms with van der Waals surface area (Å²) in [5.41, 5.74) is 4.19. The summed E-state index contributed by atoms with van der Waals surface area (Å²) < 4.78 is 6.91. The standard InChI is InChI=1S/C19H19N3O3/c1-4-25-18-15(19(23)24)11-20-22(18)17-10-6-9-16(21-17)14-8-5-7-12(2)13(14)3/h5-11H,4H2,1-3H3,(H,23,24). The van der Waals surface area contributed by atoms with Crippen LogP contribution in [0.25, 0.3) is 17.1 Å². The van der Waals surface area contributed by atoms with Crippen LogP contribution in [-0.2, 0) is 0 Å². The highest BCUT2D eigenvalue weighted by atomic mass is 16.5. The number of pyridine rings is 1. The van der Waals surface area contributed by atoms with Crippen LogP contribution in [0.3, 0.4) is 0 Å². The van der Waals surface area contributed by atoms with Crippen LogP contribution >= 0.6 is 0 Å². The number of carbonyl (C=O) groups is 1. The average Bonchev–Trinajstić information content (AvgIpc) is 3.02. The number of hydrogen-bond acceptors (Lipinski definition) is 4. The molecule has 3 rings (SSSR count). The molecule has 1 aromatic carbocycles. The van der Waals surface area contributed by atoms with Gasteiger partial charge in [0.05, 0.1) is 18.5 Å². The Hall–Kier alpha value is -3.15. The zero-order valence-corrected chi connectivity index (χ0v) is 14.4. The van der Waals surface area contributed by atoms with Crippen molar-refractivity contribution in [2.45, 2.75) is 20.8 Å². The van der Waals surface area contributed by atoms with Gasteiger partial charge in [-0.25, -0.2) is 9.78 Å². The highest BCUT2D eigenvalue weighted by Crippen LogP contribution is 2.27. The van der Waals surface area contributed by atoms with Crippen molar-refractivity contribution in [2.24, 2.45) is 0 Å². The Morgan fingerprint density at radius 1 is 1.20 bits per heavy atom. The van der Waals surface area contributed by atoms with Gasteiger partial charge in [-0.15, -0.1) is 0 Å². The molecule has 0 bridgehead atoms. The topological polar surface area (TPSA) is 77.2 Å². The molecule has 0 radical (unpaired) electrons. The first-order chi connectivity index (χ1) is 12.0. The molecule has 0 unspecified atom stereocenters. The van der Waals surface area contributed by atoms with Crippen molar-refractivity contribution in [2.75, 3.05) is 6.61 Å². The normalized spacial score (nSPS) is 10.7. The molecule has 2 aromatic heterocycles. The minimum absolute atomic E-state index is 0.0146. The van der Waals surface area contributed by atoms with Gasteiger partial charge < -0.3 is 9.84 Å². The van der Waals surface area contributed by atoms with Crippen molar-refractivity contribution in [3.63, 3.8) is 0 Å². The molecule has 128 valence electrons. The summed E-state index contributed by atoms with van der Waals surface area (Å²) >= 11 is 0. The number of aryl methyl sites for hydroxylation is 1. The lowest BCUT2D eigenvalue weighted by Gasteiger charge is -2.11. The van der Waals surface area contributed by atoms with E-state index in [1.807, 2.05) is 24.3 Å². The molecule has 0 fully saturated rings. The minimum atomic E-state index is -1.08. The summed E-state index contributed by atoms with van der Waals surface area (Å²) in [6.07, 6.45) is 1.28. The average molecular weight is 337 g/mol. The van der Waals surface area contributed by atoms with E-state index in [-0.39, 0.29) is 11.4 Å². The Labute approximate surface area is 145 Å². The molecular formula is C19H19N3O3. The molecule has 0 atom stereocenters. The number of hydrogen-bond donors (Lipinski definition) is 1. The van der Waals surface area contributed by atoms with Crippen molar-refractivity contribution >= 4 is 5.97 Å². The highest BCUT2D eigenvalue weighted by Gasteiger charge is 2.20. The number of ether oxygens (including phenoxy) is 1. The molecule has 1 N–H and O–H groups in total. The Morgan fingerprint density at radius 3 is 2.68 bits per heavy atom. The van der Waals surface area contributed by atoms with E-state index in [1.165, 1.54) is 16.4 Å².